The zero-order valence-corrected chi connectivity index (χ0v) is 18.6. The van der Waals surface area contributed by atoms with Gasteiger partial charge in [0.2, 0.25) is 5.95 Å². The number of amides is 2. The zero-order chi connectivity index (χ0) is 22.2. The van der Waals surface area contributed by atoms with Crippen LogP contribution in [-0.2, 0) is 19.6 Å². The van der Waals surface area contributed by atoms with Crippen LogP contribution in [0, 0.1) is 0 Å². The lowest BCUT2D eigenvalue weighted by atomic mass is 10.0. The van der Waals surface area contributed by atoms with E-state index in [0.29, 0.717) is 59.0 Å². The van der Waals surface area contributed by atoms with Crippen molar-refractivity contribution in [1.29, 1.82) is 0 Å². The number of nitrogens with two attached hydrogens (primary N) is 1. The molecule has 32 heavy (non-hydrogen) atoms. The number of hydrogen-bond acceptors (Lipinski definition) is 6. The zero-order valence-electron chi connectivity index (χ0n) is 17.1. The lowest BCUT2D eigenvalue weighted by molar-refractivity contribution is 0.197. The van der Waals surface area contributed by atoms with Crippen LogP contribution in [0.5, 0.6) is 5.75 Å². The molecule has 1 aromatic carbocycles. The number of nitrogens with one attached hydrogen (secondary N) is 1. The van der Waals surface area contributed by atoms with Gasteiger partial charge in [-0.25, -0.2) is 14.8 Å². The van der Waals surface area contributed by atoms with E-state index in [1.807, 2.05) is 12.3 Å². The third-order valence-corrected chi connectivity index (χ3v) is 5.90. The van der Waals surface area contributed by atoms with E-state index in [4.69, 9.17) is 33.7 Å². The summed E-state index contributed by atoms with van der Waals surface area (Å²) in [6.45, 7) is 1.61. The molecule has 0 atom stereocenters. The molecule has 0 saturated heterocycles. The van der Waals surface area contributed by atoms with Crippen LogP contribution >= 0.6 is 23.2 Å². The fourth-order valence-corrected chi connectivity index (χ4v) is 4.26. The molecule has 1 aliphatic carbocycles. The van der Waals surface area contributed by atoms with E-state index in [0.717, 1.165) is 18.4 Å². The highest BCUT2D eigenvalue weighted by Crippen LogP contribution is 2.42. The molecule has 0 unspecified atom stereocenters. The van der Waals surface area contributed by atoms with Gasteiger partial charge in [-0.1, -0.05) is 23.2 Å². The van der Waals surface area contributed by atoms with Gasteiger partial charge >= 0.3 is 6.03 Å². The minimum Gasteiger partial charge on any atom is -0.491 e. The van der Waals surface area contributed by atoms with Crippen molar-refractivity contribution in [2.45, 2.75) is 38.5 Å². The van der Waals surface area contributed by atoms with Gasteiger partial charge in [0.15, 0.2) is 0 Å². The summed E-state index contributed by atoms with van der Waals surface area (Å²) in [6, 6.07) is 5.33. The Balaban J connectivity index is 1.46. The number of anilines is 1. The van der Waals surface area contributed by atoms with E-state index in [-0.39, 0.29) is 18.0 Å². The molecule has 3 N–H and O–H groups in total. The maximum absolute atomic E-state index is 12.6. The fourth-order valence-electron chi connectivity index (χ4n) is 3.69. The van der Waals surface area contributed by atoms with Gasteiger partial charge in [0, 0.05) is 29.0 Å². The predicted molar refractivity (Wildman–Crippen MR) is 120 cm³/mol. The molecule has 1 fully saturated rings. The van der Waals surface area contributed by atoms with Crippen molar-refractivity contribution in [3.05, 3.63) is 51.9 Å². The topological polar surface area (TPSA) is 111 Å². The average Bonchev–Trinajstić information content (AvgIpc) is 3.22. The lowest BCUT2D eigenvalue weighted by Gasteiger charge is -2.17. The molecule has 166 valence electrons. The molecule has 3 heterocycles. The Hall–Kier alpha value is -3.04. The molecule has 1 saturated carbocycles. The maximum atomic E-state index is 12.6. The summed E-state index contributed by atoms with van der Waals surface area (Å²) < 4.78 is 7.80. The lowest BCUT2D eigenvalue weighted by Crippen LogP contribution is -2.37. The average molecular weight is 474 g/mol. The van der Waals surface area contributed by atoms with E-state index in [9.17, 15) is 4.79 Å². The summed E-state index contributed by atoms with van der Waals surface area (Å²) in [4.78, 5) is 23.1. The van der Waals surface area contributed by atoms with Crippen molar-refractivity contribution in [3.63, 3.8) is 0 Å². The highest BCUT2D eigenvalue weighted by atomic mass is 35.5. The van der Waals surface area contributed by atoms with Crippen LogP contribution in [0.2, 0.25) is 10.0 Å². The van der Waals surface area contributed by atoms with E-state index >= 15 is 0 Å². The van der Waals surface area contributed by atoms with Crippen molar-refractivity contribution in [1.82, 2.24) is 30.0 Å². The third-order valence-electron chi connectivity index (χ3n) is 5.38. The van der Waals surface area contributed by atoms with Crippen LogP contribution in [0.15, 0.2) is 30.6 Å². The minimum absolute atomic E-state index is 0.108. The molecule has 2 aromatic heterocycles. The molecule has 3 aromatic rings. The van der Waals surface area contributed by atoms with Crippen molar-refractivity contribution in [3.8, 4) is 17.0 Å². The maximum Gasteiger partial charge on any atom is 0.318 e. The summed E-state index contributed by atoms with van der Waals surface area (Å²) in [5, 5.41) is 8.01. The smallest absolute Gasteiger partial charge is 0.318 e. The third kappa shape index (κ3) is 4.31. The van der Waals surface area contributed by atoms with Crippen LogP contribution in [0.3, 0.4) is 0 Å². The van der Waals surface area contributed by atoms with Gasteiger partial charge in [-0.15, -0.1) is 0 Å². The number of urea groups is 1. The molecule has 9 nitrogen and oxygen atoms in total. The Morgan fingerprint density at radius 3 is 2.84 bits per heavy atom. The number of fused-ring (bicyclic) bond motifs is 1. The number of hydrogen-bond donors (Lipinski definition) is 2. The number of nitrogen functional groups attached to an aromatic ring is 1. The number of carbonyl (C=O) groups excluding carboxylic acids is 1. The second kappa shape index (κ2) is 8.48. The Bertz CT molecular complexity index is 1170. The first-order valence-corrected chi connectivity index (χ1v) is 11.0. The number of halogens is 2. The summed E-state index contributed by atoms with van der Waals surface area (Å²) in [6.07, 6.45) is 5.60. The van der Waals surface area contributed by atoms with Gasteiger partial charge in [-0.05, 0) is 31.0 Å². The van der Waals surface area contributed by atoms with E-state index in [2.05, 4.69) is 20.4 Å². The quantitative estimate of drug-likeness (QED) is 0.566. The van der Waals surface area contributed by atoms with Gasteiger partial charge < -0.3 is 20.7 Å². The molecule has 11 heteroatoms. The molecule has 2 aliphatic rings. The normalized spacial score (nSPS) is 15.0. The van der Waals surface area contributed by atoms with Crippen molar-refractivity contribution < 1.29 is 9.53 Å². The van der Waals surface area contributed by atoms with Crippen LogP contribution in [-0.4, -0.2) is 43.3 Å². The second-order valence-electron chi connectivity index (χ2n) is 7.81. The van der Waals surface area contributed by atoms with Gasteiger partial charge in [-0.3, -0.25) is 4.68 Å². The van der Waals surface area contributed by atoms with E-state index in [1.165, 1.54) is 0 Å². The molecule has 1 aliphatic heterocycles. The molecule has 0 bridgehead atoms. The fraction of sp³-hybridized carbons (Fsp3) is 0.333. The van der Waals surface area contributed by atoms with Crippen molar-refractivity contribution >= 4 is 35.2 Å². The Morgan fingerprint density at radius 2 is 2.09 bits per heavy atom. The minimum atomic E-state index is -0.118. The van der Waals surface area contributed by atoms with Crippen molar-refractivity contribution in [2.24, 2.45) is 0 Å². The van der Waals surface area contributed by atoms with Gasteiger partial charge in [0.1, 0.15) is 12.4 Å². The first kappa shape index (κ1) is 20.8. The standard InChI is InChI=1S/C21H21Cl2N7O2/c22-12-8-15(23)18(17(9-12)32-7-6-30-5-1-4-25-30)19-14-10-29(21(31)26-13-2-3-13)11-16(14)27-20(24)28-19/h1,4-5,8-9,13H,2-3,6-7,10-11H2,(H,26,31)(H2,24,27,28). The summed E-state index contributed by atoms with van der Waals surface area (Å²) in [7, 11) is 0. The van der Waals surface area contributed by atoms with Crippen LogP contribution in [0.25, 0.3) is 11.3 Å². The summed E-state index contributed by atoms with van der Waals surface area (Å²) >= 11 is 12.9. The largest absolute Gasteiger partial charge is 0.491 e. The number of carbonyl (C=O) groups is 1. The van der Waals surface area contributed by atoms with E-state index in [1.54, 1.807) is 27.9 Å². The van der Waals surface area contributed by atoms with Crippen LogP contribution in [0.1, 0.15) is 24.1 Å². The SMILES string of the molecule is Nc1nc2c(c(-c3c(Cl)cc(Cl)cc3OCCn3cccn3)n1)CN(C(=O)NC1CC1)C2. The van der Waals surface area contributed by atoms with Gasteiger partial charge in [0.05, 0.1) is 41.6 Å². The Morgan fingerprint density at radius 1 is 1.25 bits per heavy atom. The van der Waals surface area contributed by atoms with Gasteiger partial charge in [0.25, 0.3) is 0 Å². The number of nitrogens with zero attached hydrogens (tertiary/aromatic N) is 5. The Labute approximate surface area is 194 Å². The summed E-state index contributed by atoms with van der Waals surface area (Å²) in [5.74, 6) is 0.590. The number of benzene rings is 1. The van der Waals surface area contributed by atoms with Crippen LogP contribution in [0.4, 0.5) is 10.7 Å². The van der Waals surface area contributed by atoms with Crippen LogP contribution < -0.4 is 15.8 Å². The number of aromatic nitrogens is 4. The first-order valence-electron chi connectivity index (χ1n) is 10.3. The molecule has 2 amide bonds. The second-order valence-corrected chi connectivity index (χ2v) is 8.66. The predicted octanol–water partition coefficient (Wildman–Crippen LogP) is 3.50. The molecule has 0 spiro atoms. The molecular weight excluding hydrogens is 453 g/mol. The molecule has 5 rings (SSSR count). The number of rotatable bonds is 6. The molecular formula is C21H21Cl2N7O2. The Kier molecular flexibility index (Phi) is 5.52. The summed E-state index contributed by atoms with van der Waals surface area (Å²) in [5.41, 5.74) is 8.63. The number of ether oxygens (including phenoxy) is 1. The first-order chi connectivity index (χ1) is 15.5. The van der Waals surface area contributed by atoms with Gasteiger partial charge in [-0.2, -0.15) is 5.10 Å². The van der Waals surface area contributed by atoms with E-state index < -0.39 is 0 Å². The van der Waals surface area contributed by atoms with Crippen molar-refractivity contribution in [2.75, 3.05) is 12.3 Å². The monoisotopic (exact) mass is 473 g/mol. The highest BCUT2D eigenvalue weighted by Gasteiger charge is 2.33. The molecule has 0 radical (unpaired) electrons. The highest BCUT2D eigenvalue weighted by molar-refractivity contribution is 6.37.